The smallest absolute Gasteiger partial charge is 0.245 e. The second kappa shape index (κ2) is 8.01. The lowest BCUT2D eigenvalue weighted by molar-refractivity contribution is -0.130. The van der Waals surface area contributed by atoms with E-state index in [2.05, 4.69) is 11.9 Å². The Morgan fingerprint density at radius 3 is 2.42 bits per heavy atom. The van der Waals surface area contributed by atoms with Crippen molar-refractivity contribution in [2.45, 2.75) is 24.7 Å². The average molecular weight is 379 g/mol. The van der Waals surface area contributed by atoms with Gasteiger partial charge in [0.1, 0.15) is 0 Å². The van der Waals surface area contributed by atoms with Crippen molar-refractivity contribution in [1.29, 1.82) is 0 Å². The zero-order valence-corrected chi connectivity index (χ0v) is 16.2. The second-order valence-electron chi connectivity index (χ2n) is 6.51. The number of carbonyl (C=O) groups is 2. The Morgan fingerprint density at radius 2 is 1.88 bits per heavy atom. The van der Waals surface area contributed by atoms with Gasteiger partial charge in [0.2, 0.25) is 21.8 Å². The molecule has 142 valence electrons. The molecule has 1 N–H and O–H groups in total. The molecular weight excluding hydrogens is 354 g/mol. The lowest BCUT2D eigenvalue weighted by Gasteiger charge is -2.30. The number of amides is 2. The van der Waals surface area contributed by atoms with Crippen LogP contribution in [0, 0.1) is 12.8 Å². The molecule has 1 heterocycles. The summed E-state index contributed by atoms with van der Waals surface area (Å²) < 4.78 is 25.9. The number of hydrogen-bond acceptors (Lipinski definition) is 4. The molecule has 26 heavy (non-hydrogen) atoms. The molecule has 2 amide bonds. The average Bonchev–Trinajstić information content (AvgIpc) is 2.62. The van der Waals surface area contributed by atoms with Crippen molar-refractivity contribution in [2.24, 2.45) is 5.92 Å². The van der Waals surface area contributed by atoms with E-state index in [1.807, 2.05) is 0 Å². The molecule has 0 unspecified atom stereocenters. The zero-order valence-electron chi connectivity index (χ0n) is 15.4. The van der Waals surface area contributed by atoms with Gasteiger partial charge in [0.15, 0.2) is 0 Å². The number of anilines is 1. The molecule has 1 aliphatic rings. The van der Waals surface area contributed by atoms with Crippen LogP contribution in [0.2, 0.25) is 0 Å². The normalized spacial score (nSPS) is 15.8. The molecule has 1 saturated heterocycles. The van der Waals surface area contributed by atoms with Gasteiger partial charge >= 0.3 is 0 Å². The highest BCUT2D eigenvalue weighted by Gasteiger charge is 2.27. The van der Waals surface area contributed by atoms with E-state index in [9.17, 15) is 18.0 Å². The number of hydrogen-bond donors (Lipinski definition) is 1. The van der Waals surface area contributed by atoms with Crippen LogP contribution < -0.4 is 5.32 Å². The predicted molar refractivity (Wildman–Crippen MR) is 100 cm³/mol. The van der Waals surface area contributed by atoms with Crippen molar-refractivity contribution in [3.8, 4) is 0 Å². The first-order chi connectivity index (χ1) is 12.2. The fraction of sp³-hybridized carbons (Fsp3) is 0.444. The van der Waals surface area contributed by atoms with Crippen molar-refractivity contribution < 1.29 is 18.0 Å². The zero-order chi connectivity index (χ0) is 19.5. The van der Waals surface area contributed by atoms with Crippen molar-refractivity contribution in [3.63, 3.8) is 0 Å². The highest BCUT2D eigenvalue weighted by atomic mass is 32.2. The first-order valence-electron chi connectivity index (χ1n) is 8.42. The van der Waals surface area contributed by atoms with Gasteiger partial charge in [-0.25, -0.2) is 12.7 Å². The van der Waals surface area contributed by atoms with Crippen LogP contribution in [-0.2, 0) is 19.6 Å². The van der Waals surface area contributed by atoms with Gasteiger partial charge < -0.3 is 10.2 Å². The van der Waals surface area contributed by atoms with E-state index in [0.717, 1.165) is 4.31 Å². The van der Waals surface area contributed by atoms with Crippen molar-refractivity contribution in [2.75, 3.05) is 32.5 Å². The van der Waals surface area contributed by atoms with Crippen LogP contribution in [0.15, 0.2) is 35.7 Å². The van der Waals surface area contributed by atoms with Crippen molar-refractivity contribution >= 4 is 27.5 Å². The Kier molecular flexibility index (Phi) is 6.20. The molecule has 0 bridgehead atoms. The summed E-state index contributed by atoms with van der Waals surface area (Å²) in [4.78, 5) is 26.0. The van der Waals surface area contributed by atoms with Gasteiger partial charge in [-0.2, -0.15) is 0 Å². The SMILES string of the molecule is C=CC(=O)N1CCC(C(=O)Nc2cccc(S(=O)(=O)N(C)C)c2C)CC1. The molecule has 0 saturated carbocycles. The van der Waals surface area contributed by atoms with Crippen molar-refractivity contribution in [1.82, 2.24) is 9.21 Å². The third kappa shape index (κ3) is 4.13. The van der Waals surface area contributed by atoms with E-state index in [1.54, 1.807) is 24.0 Å². The molecule has 0 spiro atoms. The summed E-state index contributed by atoms with van der Waals surface area (Å²) >= 11 is 0. The van der Waals surface area contributed by atoms with E-state index in [-0.39, 0.29) is 22.6 Å². The van der Waals surface area contributed by atoms with Crippen LogP contribution >= 0.6 is 0 Å². The molecule has 2 rings (SSSR count). The molecule has 1 aliphatic heterocycles. The summed E-state index contributed by atoms with van der Waals surface area (Å²) in [7, 11) is -0.641. The van der Waals surface area contributed by atoms with Gasteiger partial charge in [-0.3, -0.25) is 9.59 Å². The Balaban J connectivity index is 2.11. The van der Waals surface area contributed by atoms with E-state index in [4.69, 9.17) is 0 Å². The third-order valence-electron chi connectivity index (χ3n) is 4.65. The first kappa shape index (κ1) is 20.1. The maximum Gasteiger partial charge on any atom is 0.245 e. The second-order valence-corrected chi connectivity index (χ2v) is 8.63. The number of rotatable bonds is 5. The van der Waals surface area contributed by atoms with Gasteiger partial charge in [-0.15, -0.1) is 0 Å². The molecule has 7 nitrogen and oxygen atoms in total. The number of carbonyl (C=O) groups excluding carboxylic acids is 2. The summed E-state index contributed by atoms with van der Waals surface area (Å²) in [6.07, 6.45) is 2.42. The van der Waals surface area contributed by atoms with Crippen LogP contribution in [0.4, 0.5) is 5.69 Å². The minimum absolute atomic E-state index is 0.124. The van der Waals surface area contributed by atoms with Gasteiger partial charge in [-0.05, 0) is 43.5 Å². The van der Waals surface area contributed by atoms with Gasteiger partial charge in [0.25, 0.3) is 0 Å². The van der Waals surface area contributed by atoms with Crippen LogP contribution in [-0.4, -0.2) is 56.6 Å². The monoisotopic (exact) mass is 379 g/mol. The molecule has 0 atom stereocenters. The van der Waals surface area contributed by atoms with E-state index >= 15 is 0 Å². The number of sulfonamides is 1. The van der Waals surface area contributed by atoms with E-state index in [0.29, 0.717) is 37.2 Å². The topological polar surface area (TPSA) is 86.8 Å². The number of nitrogens with one attached hydrogen (secondary N) is 1. The molecule has 0 aromatic heterocycles. The van der Waals surface area contributed by atoms with Crippen LogP contribution in [0.3, 0.4) is 0 Å². The summed E-state index contributed by atoms with van der Waals surface area (Å²) in [6, 6.07) is 4.84. The standard InChI is InChI=1S/C18H25N3O4S/c1-5-17(22)21-11-9-14(10-12-21)18(23)19-15-7-6-8-16(13(15)2)26(24,25)20(3)4/h5-8,14H,1,9-12H2,2-4H3,(H,19,23). The molecular formula is C18H25N3O4S. The maximum atomic E-state index is 12.6. The minimum Gasteiger partial charge on any atom is -0.339 e. The Hall–Kier alpha value is -2.19. The maximum absolute atomic E-state index is 12.6. The lowest BCUT2D eigenvalue weighted by Crippen LogP contribution is -2.40. The summed E-state index contributed by atoms with van der Waals surface area (Å²) in [5, 5.41) is 2.84. The number of likely N-dealkylation sites (tertiary alicyclic amines) is 1. The third-order valence-corrected chi connectivity index (χ3v) is 6.61. The Labute approximate surface area is 154 Å². The molecule has 0 aliphatic carbocycles. The van der Waals surface area contributed by atoms with Crippen LogP contribution in [0.5, 0.6) is 0 Å². The highest BCUT2D eigenvalue weighted by Crippen LogP contribution is 2.26. The Morgan fingerprint density at radius 1 is 1.27 bits per heavy atom. The van der Waals surface area contributed by atoms with E-state index in [1.165, 1.54) is 26.2 Å². The molecule has 1 aromatic rings. The fourth-order valence-electron chi connectivity index (χ4n) is 2.95. The predicted octanol–water partition coefficient (Wildman–Crippen LogP) is 1.61. The quantitative estimate of drug-likeness (QED) is 0.788. The van der Waals surface area contributed by atoms with Gasteiger partial charge in [0.05, 0.1) is 4.90 Å². The van der Waals surface area contributed by atoms with Crippen molar-refractivity contribution in [3.05, 3.63) is 36.4 Å². The first-order valence-corrected chi connectivity index (χ1v) is 9.86. The molecule has 8 heteroatoms. The van der Waals surface area contributed by atoms with Gasteiger partial charge in [-0.1, -0.05) is 12.6 Å². The Bertz CT molecular complexity index is 810. The largest absolute Gasteiger partial charge is 0.339 e. The van der Waals surface area contributed by atoms with Crippen LogP contribution in [0.25, 0.3) is 0 Å². The summed E-state index contributed by atoms with van der Waals surface area (Å²) in [6.45, 7) is 6.17. The molecule has 1 aromatic carbocycles. The van der Waals surface area contributed by atoms with Crippen LogP contribution in [0.1, 0.15) is 18.4 Å². The lowest BCUT2D eigenvalue weighted by atomic mass is 9.95. The molecule has 1 fully saturated rings. The number of piperidine rings is 1. The van der Waals surface area contributed by atoms with E-state index < -0.39 is 10.0 Å². The fourth-order valence-corrected chi connectivity index (χ4v) is 4.09. The summed E-state index contributed by atoms with van der Waals surface area (Å²) in [5.74, 6) is -0.489. The minimum atomic E-state index is -3.58. The molecule has 0 radical (unpaired) electrons. The number of nitrogens with zero attached hydrogens (tertiary/aromatic N) is 2. The summed E-state index contributed by atoms with van der Waals surface area (Å²) in [5.41, 5.74) is 0.997. The number of benzene rings is 1. The van der Waals surface area contributed by atoms with Gasteiger partial charge in [0, 0.05) is 38.8 Å². The highest BCUT2D eigenvalue weighted by molar-refractivity contribution is 7.89.